The van der Waals surface area contributed by atoms with E-state index in [2.05, 4.69) is 23.2 Å². The number of anilines is 1. The highest BCUT2D eigenvalue weighted by Crippen LogP contribution is 2.24. The second-order valence-corrected chi connectivity index (χ2v) is 8.15. The number of hydrogen-bond acceptors (Lipinski definition) is 5. The molecule has 1 N–H and O–H groups in total. The molecule has 0 spiro atoms. The van der Waals surface area contributed by atoms with E-state index in [9.17, 15) is 0 Å². The summed E-state index contributed by atoms with van der Waals surface area (Å²) in [5.74, 6) is 1.48. The highest BCUT2D eigenvalue weighted by Gasteiger charge is 2.18. The molecule has 1 aliphatic rings. The average molecular weight is 401 g/mol. The number of rotatable bonds is 6. The monoisotopic (exact) mass is 400 g/mol. The molecular weight excluding hydrogens is 372 g/mol. The average Bonchev–Trinajstić information content (AvgIpc) is 3.24. The molecule has 1 fully saturated rings. The van der Waals surface area contributed by atoms with E-state index in [4.69, 9.17) is 15.1 Å². The summed E-state index contributed by atoms with van der Waals surface area (Å²) in [6.45, 7) is 5.56. The van der Waals surface area contributed by atoms with Crippen molar-refractivity contribution in [2.24, 2.45) is 0 Å². The van der Waals surface area contributed by atoms with Crippen molar-refractivity contribution in [3.63, 3.8) is 0 Å². The van der Waals surface area contributed by atoms with Gasteiger partial charge in [0.05, 0.1) is 5.52 Å². The summed E-state index contributed by atoms with van der Waals surface area (Å²) >= 11 is 0. The molecule has 2 aromatic heterocycles. The van der Waals surface area contributed by atoms with Gasteiger partial charge in [-0.2, -0.15) is 4.52 Å². The summed E-state index contributed by atoms with van der Waals surface area (Å²) in [7, 11) is 0. The predicted molar refractivity (Wildman–Crippen MR) is 122 cm³/mol. The lowest BCUT2D eigenvalue weighted by molar-refractivity contribution is 0.160. The van der Waals surface area contributed by atoms with Crippen LogP contribution in [0.3, 0.4) is 0 Å². The quantitative estimate of drug-likeness (QED) is 0.479. The summed E-state index contributed by atoms with van der Waals surface area (Å²) in [5.41, 5.74) is 2.78. The standard InChI is InChI=1S/C24H28N6/c1-18-10-7-8-16-29(18)17-9-15-25-24-26-21-14-6-5-13-20(21)23-27-22(28-30(23)24)19-11-3-2-4-12-19/h2-6,11-14,18H,7-10,15-17H2,1H3,(H,25,26)/t18-/m1/s1. The lowest BCUT2D eigenvalue weighted by Gasteiger charge is -2.33. The van der Waals surface area contributed by atoms with Crippen LogP contribution in [0, 0.1) is 0 Å². The molecule has 5 rings (SSSR count). The first-order valence-corrected chi connectivity index (χ1v) is 11.0. The molecule has 6 nitrogen and oxygen atoms in total. The number of nitrogens with zero attached hydrogens (tertiary/aromatic N) is 5. The molecule has 1 saturated heterocycles. The summed E-state index contributed by atoms with van der Waals surface area (Å²) in [6.07, 6.45) is 5.10. The van der Waals surface area contributed by atoms with E-state index < -0.39 is 0 Å². The van der Waals surface area contributed by atoms with Crippen LogP contribution in [0.25, 0.3) is 27.9 Å². The maximum absolute atomic E-state index is 4.85. The molecule has 0 radical (unpaired) electrons. The van der Waals surface area contributed by atoms with E-state index in [1.165, 1.54) is 25.8 Å². The third-order valence-electron chi connectivity index (χ3n) is 6.06. The Labute approximate surface area is 177 Å². The van der Waals surface area contributed by atoms with Gasteiger partial charge < -0.3 is 10.2 Å². The van der Waals surface area contributed by atoms with Crippen molar-refractivity contribution in [2.45, 2.75) is 38.6 Å². The highest BCUT2D eigenvalue weighted by molar-refractivity contribution is 5.92. The van der Waals surface area contributed by atoms with E-state index in [0.717, 1.165) is 53.4 Å². The van der Waals surface area contributed by atoms with Gasteiger partial charge in [0.25, 0.3) is 0 Å². The van der Waals surface area contributed by atoms with Crippen molar-refractivity contribution in [2.75, 3.05) is 25.0 Å². The van der Waals surface area contributed by atoms with Gasteiger partial charge in [-0.15, -0.1) is 5.10 Å². The minimum Gasteiger partial charge on any atom is -0.354 e. The summed E-state index contributed by atoms with van der Waals surface area (Å²) in [4.78, 5) is 12.3. The molecule has 6 heteroatoms. The molecule has 0 amide bonds. The van der Waals surface area contributed by atoms with E-state index in [0.29, 0.717) is 6.04 Å². The first-order valence-electron chi connectivity index (χ1n) is 11.0. The molecule has 0 unspecified atom stereocenters. The van der Waals surface area contributed by atoms with Crippen LogP contribution in [0.4, 0.5) is 5.95 Å². The number of fused-ring (bicyclic) bond motifs is 3. The van der Waals surface area contributed by atoms with Gasteiger partial charge in [0.2, 0.25) is 5.95 Å². The molecule has 2 aromatic carbocycles. The first-order chi connectivity index (χ1) is 14.8. The van der Waals surface area contributed by atoms with Crippen molar-refractivity contribution in [3.05, 3.63) is 54.6 Å². The molecule has 3 heterocycles. The molecule has 4 aromatic rings. The van der Waals surface area contributed by atoms with Crippen LogP contribution < -0.4 is 5.32 Å². The van der Waals surface area contributed by atoms with Crippen molar-refractivity contribution < 1.29 is 0 Å². The molecule has 0 saturated carbocycles. The first kappa shape index (κ1) is 19.0. The summed E-state index contributed by atoms with van der Waals surface area (Å²) < 4.78 is 1.86. The predicted octanol–water partition coefficient (Wildman–Crippen LogP) is 4.62. The summed E-state index contributed by atoms with van der Waals surface area (Å²) in [5, 5.41) is 9.32. The second-order valence-electron chi connectivity index (χ2n) is 8.15. The number of likely N-dealkylation sites (tertiary alicyclic amines) is 1. The van der Waals surface area contributed by atoms with Gasteiger partial charge in [-0.05, 0) is 44.9 Å². The van der Waals surface area contributed by atoms with Gasteiger partial charge in [0, 0.05) is 30.1 Å². The lowest BCUT2D eigenvalue weighted by atomic mass is 10.0. The Balaban J connectivity index is 1.41. The third-order valence-corrected chi connectivity index (χ3v) is 6.06. The minimum absolute atomic E-state index is 0.702. The Morgan fingerprint density at radius 1 is 1.00 bits per heavy atom. The summed E-state index contributed by atoms with van der Waals surface area (Å²) in [6, 6.07) is 18.9. The van der Waals surface area contributed by atoms with Crippen LogP contribution in [0.5, 0.6) is 0 Å². The van der Waals surface area contributed by atoms with Crippen LogP contribution in [-0.4, -0.2) is 50.2 Å². The molecule has 1 atom stereocenters. The largest absolute Gasteiger partial charge is 0.354 e. The van der Waals surface area contributed by atoms with Crippen molar-refractivity contribution in [1.29, 1.82) is 0 Å². The fourth-order valence-electron chi connectivity index (χ4n) is 4.35. The molecule has 0 bridgehead atoms. The van der Waals surface area contributed by atoms with E-state index in [1.807, 2.05) is 53.0 Å². The minimum atomic E-state index is 0.702. The van der Waals surface area contributed by atoms with Crippen molar-refractivity contribution in [3.8, 4) is 11.4 Å². The van der Waals surface area contributed by atoms with E-state index in [-0.39, 0.29) is 0 Å². The second kappa shape index (κ2) is 8.40. The molecular formula is C24H28N6. The van der Waals surface area contributed by atoms with Gasteiger partial charge in [-0.25, -0.2) is 9.97 Å². The molecule has 30 heavy (non-hydrogen) atoms. The SMILES string of the molecule is C[C@@H]1CCCCN1CCCNc1nc2ccccc2c2nc(-c3ccccc3)nn12. The Kier molecular flexibility index (Phi) is 5.32. The van der Waals surface area contributed by atoms with Gasteiger partial charge in [0.1, 0.15) is 0 Å². The van der Waals surface area contributed by atoms with E-state index >= 15 is 0 Å². The maximum Gasteiger partial charge on any atom is 0.226 e. The van der Waals surface area contributed by atoms with Crippen molar-refractivity contribution in [1.82, 2.24) is 24.5 Å². The Bertz CT molecular complexity index is 1140. The number of hydrogen-bond donors (Lipinski definition) is 1. The van der Waals surface area contributed by atoms with Gasteiger partial charge in [-0.1, -0.05) is 48.9 Å². The topological polar surface area (TPSA) is 58.3 Å². The molecule has 0 aliphatic carbocycles. The van der Waals surface area contributed by atoms with Gasteiger partial charge >= 0.3 is 0 Å². The Morgan fingerprint density at radius 3 is 2.70 bits per heavy atom. The third kappa shape index (κ3) is 3.75. The van der Waals surface area contributed by atoms with Gasteiger partial charge in [-0.3, -0.25) is 0 Å². The number of para-hydroxylation sites is 1. The molecule has 1 aliphatic heterocycles. The van der Waals surface area contributed by atoms with Crippen LogP contribution in [0.15, 0.2) is 54.6 Å². The number of nitrogens with one attached hydrogen (secondary N) is 1. The molecule has 154 valence electrons. The van der Waals surface area contributed by atoms with E-state index in [1.54, 1.807) is 0 Å². The zero-order chi connectivity index (χ0) is 20.3. The zero-order valence-corrected chi connectivity index (χ0v) is 17.5. The Morgan fingerprint density at radius 2 is 1.83 bits per heavy atom. The Hall–Kier alpha value is -2.99. The van der Waals surface area contributed by atoms with Crippen LogP contribution in [0.1, 0.15) is 32.6 Å². The van der Waals surface area contributed by atoms with Crippen LogP contribution in [-0.2, 0) is 0 Å². The van der Waals surface area contributed by atoms with Crippen molar-refractivity contribution >= 4 is 22.5 Å². The lowest BCUT2D eigenvalue weighted by Crippen LogP contribution is -2.38. The maximum atomic E-state index is 4.85. The zero-order valence-electron chi connectivity index (χ0n) is 17.5. The number of aromatic nitrogens is 4. The van der Waals surface area contributed by atoms with Gasteiger partial charge in [0.15, 0.2) is 11.5 Å². The number of benzene rings is 2. The van der Waals surface area contributed by atoms with Crippen LogP contribution >= 0.6 is 0 Å². The smallest absolute Gasteiger partial charge is 0.226 e. The van der Waals surface area contributed by atoms with Crippen LogP contribution in [0.2, 0.25) is 0 Å². The fourth-order valence-corrected chi connectivity index (χ4v) is 4.35. The number of piperidine rings is 1. The normalized spacial score (nSPS) is 17.6. The fraction of sp³-hybridized carbons (Fsp3) is 0.375. The highest BCUT2D eigenvalue weighted by atomic mass is 15.4.